The van der Waals surface area contributed by atoms with E-state index in [1.165, 1.54) is 5.56 Å². The predicted octanol–water partition coefficient (Wildman–Crippen LogP) is 1.80. The highest BCUT2D eigenvalue weighted by Crippen LogP contribution is 2.22. The van der Waals surface area contributed by atoms with Gasteiger partial charge in [0.2, 0.25) is 0 Å². The summed E-state index contributed by atoms with van der Waals surface area (Å²) in [6.45, 7) is 7.58. The van der Waals surface area contributed by atoms with Crippen LogP contribution in [-0.4, -0.2) is 77.6 Å². The summed E-state index contributed by atoms with van der Waals surface area (Å²) in [4.78, 5) is 6.53. The van der Waals surface area contributed by atoms with Gasteiger partial charge in [-0.25, -0.2) is 0 Å². The molecule has 1 aromatic carbocycles. The minimum Gasteiger partial charge on any atom is -0.491 e. The normalized spacial score (nSPS) is 17.2. The molecule has 0 radical (unpaired) electrons. The van der Waals surface area contributed by atoms with E-state index in [0.717, 1.165) is 63.0 Å². The maximum atomic E-state index is 6.07. The minimum absolute atomic E-state index is 0.214. The maximum absolute atomic E-state index is 6.07. The highest BCUT2D eigenvalue weighted by atomic mass is 16.5. The maximum Gasteiger partial charge on any atom is 0.191 e. The fraction of sp³-hybridized carbons (Fsp3) is 0.667. The first-order chi connectivity index (χ1) is 13.6. The quantitative estimate of drug-likeness (QED) is 0.442. The Bertz CT molecular complexity index is 603. The van der Waals surface area contributed by atoms with Crippen LogP contribution >= 0.6 is 0 Å². The number of ether oxygens (including phenoxy) is 3. The number of guanidine groups is 1. The lowest BCUT2D eigenvalue weighted by Gasteiger charge is -2.19. The van der Waals surface area contributed by atoms with Gasteiger partial charge in [-0.3, -0.25) is 4.99 Å². The van der Waals surface area contributed by atoms with Gasteiger partial charge in [0.15, 0.2) is 5.96 Å². The second kappa shape index (κ2) is 12.6. The van der Waals surface area contributed by atoms with Gasteiger partial charge >= 0.3 is 0 Å². The summed E-state index contributed by atoms with van der Waals surface area (Å²) in [5.41, 5.74) is 2.30. The minimum atomic E-state index is 0.214. The predicted molar refractivity (Wildman–Crippen MR) is 113 cm³/mol. The third kappa shape index (κ3) is 8.04. The Labute approximate surface area is 169 Å². The zero-order valence-electron chi connectivity index (χ0n) is 17.8. The van der Waals surface area contributed by atoms with Crippen LogP contribution in [0.15, 0.2) is 23.2 Å². The van der Waals surface area contributed by atoms with Crippen molar-refractivity contribution in [3.63, 3.8) is 0 Å². The number of nitrogens with zero attached hydrogens (tertiary/aromatic N) is 2. The van der Waals surface area contributed by atoms with E-state index >= 15 is 0 Å². The van der Waals surface area contributed by atoms with Crippen LogP contribution < -0.4 is 15.4 Å². The van der Waals surface area contributed by atoms with Crippen molar-refractivity contribution in [3.8, 4) is 5.75 Å². The molecule has 0 saturated carbocycles. The Balaban J connectivity index is 1.80. The zero-order chi connectivity index (χ0) is 20.2. The summed E-state index contributed by atoms with van der Waals surface area (Å²) >= 11 is 0. The molecule has 1 unspecified atom stereocenters. The number of benzene rings is 1. The number of likely N-dealkylation sites (N-methyl/N-ethyl adjacent to an activating group) is 1. The first-order valence-corrected chi connectivity index (χ1v) is 10.1. The summed E-state index contributed by atoms with van der Waals surface area (Å²) in [6, 6.07) is 6.31. The molecule has 0 amide bonds. The number of aryl methyl sites for hydroxylation is 1. The molecule has 1 aliphatic rings. The molecule has 0 aromatic heterocycles. The van der Waals surface area contributed by atoms with E-state index in [0.29, 0.717) is 13.2 Å². The molecule has 0 spiro atoms. The van der Waals surface area contributed by atoms with Gasteiger partial charge in [0, 0.05) is 52.5 Å². The Morgan fingerprint density at radius 1 is 1.32 bits per heavy atom. The smallest absolute Gasteiger partial charge is 0.191 e. The fourth-order valence-electron chi connectivity index (χ4n) is 3.02. The first kappa shape index (κ1) is 22.5. The molecule has 0 bridgehead atoms. The molecule has 2 rings (SSSR count). The van der Waals surface area contributed by atoms with Crippen LogP contribution in [0.25, 0.3) is 0 Å². The lowest BCUT2D eigenvalue weighted by molar-refractivity contribution is 0.0676. The Morgan fingerprint density at radius 2 is 2.18 bits per heavy atom. The average molecular weight is 393 g/mol. The van der Waals surface area contributed by atoms with Gasteiger partial charge in [-0.2, -0.15) is 0 Å². The van der Waals surface area contributed by atoms with Crippen molar-refractivity contribution >= 4 is 5.96 Å². The lowest BCUT2D eigenvalue weighted by Crippen LogP contribution is -2.41. The first-order valence-electron chi connectivity index (χ1n) is 10.1. The van der Waals surface area contributed by atoms with E-state index in [4.69, 9.17) is 14.2 Å². The van der Waals surface area contributed by atoms with Crippen molar-refractivity contribution in [2.45, 2.75) is 32.4 Å². The van der Waals surface area contributed by atoms with E-state index in [-0.39, 0.29) is 6.10 Å². The number of hydrogen-bond donors (Lipinski definition) is 2. The second-order valence-corrected chi connectivity index (χ2v) is 7.21. The Kier molecular flexibility index (Phi) is 10.1. The molecule has 1 fully saturated rings. The highest BCUT2D eigenvalue weighted by Gasteiger charge is 2.17. The number of methoxy groups -OCH3 is 1. The van der Waals surface area contributed by atoms with Crippen LogP contribution in [0.2, 0.25) is 0 Å². The SMILES string of the molecule is CN=C(NCCN(C)CCOC)NCc1ccc(C)cc1OCC1CCCO1. The molecule has 2 N–H and O–H groups in total. The van der Waals surface area contributed by atoms with Crippen molar-refractivity contribution in [1.29, 1.82) is 0 Å². The van der Waals surface area contributed by atoms with Gasteiger partial charge in [-0.1, -0.05) is 12.1 Å². The molecule has 1 heterocycles. The molecule has 1 saturated heterocycles. The van der Waals surface area contributed by atoms with Crippen LogP contribution in [0.1, 0.15) is 24.0 Å². The molecular formula is C21H36N4O3. The van der Waals surface area contributed by atoms with Crippen molar-refractivity contribution in [1.82, 2.24) is 15.5 Å². The van der Waals surface area contributed by atoms with Gasteiger partial charge in [0.25, 0.3) is 0 Å². The largest absolute Gasteiger partial charge is 0.491 e. The summed E-state index contributed by atoms with van der Waals surface area (Å²) in [5.74, 6) is 1.70. The summed E-state index contributed by atoms with van der Waals surface area (Å²) < 4.78 is 16.8. The number of hydrogen-bond acceptors (Lipinski definition) is 5. The van der Waals surface area contributed by atoms with E-state index in [1.54, 1.807) is 14.2 Å². The third-order valence-corrected chi connectivity index (χ3v) is 4.80. The van der Waals surface area contributed by atoms with Crippen LogP contribution in [0.3, 0.4) is 0 Å². The highest BCUT2D eigenvalue weighted by molar-refractivity contribution is 5.79. The zero-order valence-corrected chi connectivity index (χ0v) is 17.8. The molecule has 28 heavy (non-hydrogen) atoms. The van der Waals surface area contributed by atoms with Gasteiger partial charge in [0.1, 0.15) is 12.4 Å². The van der Waals surface area contributed by atoms with Gasteiger partial charge < -0.3 is 29.7 Å². The van der Waals surface area contributed by atoms with Gasteiger partial charge in [-0.15, -0.1) is 0 Å². The van der Waals surface area contributed by atoms with Gasteiger partial charge in [0.05, 0.1) is 12.7 Å². The van der Waals surface area contributed by atoms with E-state index in [9.17, 15) is 0 Å². The average Bonchev–Trinajstić information content (AvgIpc) is 3.22. The molecule has 7 nitrogen and oxygen atoms in total. The fourth-order valence-corrected chi connectivity index (χ4v) is 3.02. The molecule has 1 atom stereocenters. The number of aliphatic imine (C=N–C) groups is 1. The van der Waals surface area contributed by atoms with Crippen molar-refractivity contribution in [2.24, 2.45) is 4.99 Å². The van der Waals surface area contributed by atoms with Crippen molar-refractivity contribution < 1.29 is 14.2 Å². The molecule has 1 aromatic rings. The van der Waals surface area contributed by atoms with Crippen LogP contribution in [0.4, 0.5) is 0 Å². The number of rotatable bonds is 11. The number of nitrogens with one attached hydrogen (secondary N) is 2. The molecule has 158 valence electrons. The lowest BCUT2D eigenvalue weighted by atomic mass is 10.1. The van der Waals surface area contributed by atoms with Crippen LogP contribution in [0, 0.1) is 6.92 Å². The van der Waals surface area contributed by atoms with Crippen molar-refractivity contribution in [2.75, 3.05) is 60.7 Å². The van der Waals surface area contributed by atoms with E-state index in [1.807, 2.05) is 0 Å². The molecule has 0 aliphatic carbocycles. The van der Waals surface area contributed by atoms with E-state index in [2.05, 4.69) is 52.7 Å². The van der Waals surface area contributed by atoms with E-state index < -0.39 is 0 Å². The topological polar surface area (TPSA) is 67.4 Å². The molecular weight excluding hydrogens is 356 g/mol. The summed E-state index contributed by atoms with van der Waals surface area (Å²) in [7, 11) is 5.59. The second-order valence-electron chi connectivity index (χ2n) is 7.21. The Hall–Kier alpha value is -1.83. The molecule has 1 aliphatic heterocycles. The summed E-state index contributed by atoms with van der Waals surface area (Å²) in [6.07, 6.45) is 2.42. The standard InChI is InChI=1S/C21H36N4O3/c1-17-7-8-18(20(14-17)28-16-19-6-5-12-27-19)15-24-21(22-2)23-9-10-25(3)11-13-26-4/h7-8,14,19H,5-6,9-13,15-16H2,1-4H3,(H2,22,23,24). The van der Waals surface area contributed by atoms with Crippen molar-refractivity contribution in [3.05, 3.63) is 29.3 Å². The van der Waals surface area contributed by atoms with Gasteiger partial charge in [-0.05, 0) is 38.4 Å². The molecule has 7 heteroatoms. The van der Waals surface area contributed by atoms with Crippen LogP contribution in [0.5, 0.6) is 5.75 Å². The Morgan fingerprint density at radius 3 is 2.89 bits per heavy atom. The monoisotopic (exact) mass is 392 g/mol. The summed E-state index contributed by atoms with van der Waals surface area (Å²) in [5, 5.41) is 6.73. The van der Waals surface area contributed by atoms with Crippen LogP contribution in [-0.2, 0) is 16.0 Å². The third-order valence-electron chi connectivity index (χ3n) is 4.80.